The number of hydrogen-bond donors (Lipinski definition) is 0. The minimum Gasteiger partial charge on any atom is -0.342 e. The maximum absolute atomic E-state index is 5.97. The summed E-state index contributed by atoms with van der Waals surface area (Å²) in [6.07, 6.45) is 15.9. The molecule has 0 unspecified atom stereocenters. The third kappa shape index (κ3) is 6.95. The molecular formula is C23H37N2O+. The van der Waals surface area contributed by atoms with Crippen LogP contribution in [0, 0.1) is 0 Å². The maximum Gasteiger partial charge on any atom is 0.290 e. The Hall–Kier alpha value is -1.61. The van der Waals surface area contributed by atoms with Gasteiger partial charge in [0.15, 0.2) is 6.73 Å². The Morgan fingerprint density at radius 1 is 0.846 bits per heavy atom. The lowest BCUT2D eigenvalue weighted by atomic mass is 10.2. The lowest BCUT2D eigenvalue weighted by Gasteiger charge is -2.07. The zero-order valence-corrected chi connectivity index (χ0v) is 16.8. The molecule has 0 amide bonds. The molecule has 26 heavy (non-hydrogen) atoms. The van der Waals surface area contributed by atoms with Gasteiger partial charge in [0.05, 0.1) is 18.7 Å². The van der Waals surface area contributed by atoms with Crippen molar-refractivity contribution in [3.05, 3.63) is 42.7 Å². The summed E-state index contributed by atoms with van der Waals surface area (Å²) in [7, 11) is 0. The molecule has 1 aromatic carbocycles. The van der Waals surface area contributed by atoms with Crippen LogP contribution in [-0.2, 0) is 18.0 Å². The van der Waals surface area contributed by atoms with Crippen LogP contribution in [0.15, 0.2) is 42.7 Å². The summed E-state index contributed by atoms with van der Waals surface area (Å²) < 4.78 is 10.6. The minimum absolute atomic E-state index is 0.639. The smallest absolute Gasteiger partial charge is 0.290 e. The van der Waals surface area contributed by atoms with Crippen LogP contribution in [0.25, 0.3) is 11.4 Å². The molecule has 0 radical (unpaired) electrons. The SMILES string of the molecule is CCCCCCCOC[n+]1ccn(CCCCCC)c1-c1ccccc1. The topological polar surface area (TPSA) is 18.0 Å². The maximum atomic E-state index is 5.97. The number of aromatic nitrogens is 2. The predicted octanol–water partition coefficient (Wildman–Crippen LogP) is 5.97. The molecule has 0 aliphatic rings. The van der Waals surface area contributed by atoms with Crippen molar-refractivity contribution >= 4 is 0 Å². The van der Waals surface area contributed by atoms with Gasteiger partial charge in [-0.25, -0.2) is 9.13 Å². The summed E-state index contributed by atoms with van der Waals surface area (Å²) in [4.78, 5) is 0. The molecule has 0 saturated carbocycles. The molecule has 0 fully saturated rings. The first-order chi connectivity index (χ1) is 12.9. The zero-order chi connectivity index (χ0) is 18.5. The summed E-state index contributed by atoms with van der Waals surface area (Å²) in [5.41, 5.74) is 1.26. The van der Waals surface area contributed by atoms with Gasteiger partial charge in [-0.2, -0.15) is 0 Å². The molecule has 0 N–H and O–H groups in total. The molecule has 144 valence electrons. The van der Waals surface area contributed by atoms with E-state index in [0.29, 0.717) is 6.73 Å². The third-order valence-electron chi connectivity index (χ3n) is 4.88. The van der Waals surface area contributed by atoms with Gasteiger partial charge >= 0.3 is 0 Å². The largest absolute Gasteiger partial charge is 0.342 e. The standard InChI is InChI=1S/C23H37N2O/c1-3-5-7-9-14-20-26-21-25-19-18-24(17-13-8-6-4-2)23(25)22-15-11-10-12-16-22/h10-12,15-16,18-19H,3-9,13-14,17,20-21H2,1-2H3/q+1. The molecule has 0 aliphatic heterocycles. The number of ether oxygens (including phenoxy) is 1. The third-order valence-corrected chi connectivity index (χ3v) is 4.88. The van der Waals surface area contributed by atoms with Gasteiger partial charge in [0.2, 0.25) is 0 Å². The van der Waals surface area contributed by atoms with Crippen LogP contribution < -0.4 is 4.57 Å². The fourth-order valence-electron chi connectivity index (χ4n) is 3.35. The molecule has 1 aromatic heterocycles. The van der Waals surface area contributed by atoms with Crippen LogP contribution in [0.4, 0.5) is 0 Å². The second-order valence-corrected chi connectivity index (χ2v) is 7.16. The van der Waals surface area contributed by atoms with Crippen LogP contribution in [0.2, 0.25) is 0 Å². The van der Waals surface area contributed by atoms with E-state index in [-0.39, 0.29) is 0 Å². The van der Waals surface area contributed by atoms with E-state index in [1.807, 2.05) is 0 Å². The molecule has 1 heterocycles. The van der Waals surface area contributed by atoms with Gasteiger partial charge in [-0.1, -0.05) is 70.6 Å². The van der Waals surface area contributed by atoms with E-state index in [9.17, 15) is 0 Å². The Bertz CT molecular complexity index is 592. The van der Waals surface area contributed by atoms with E-state index in [4.69, 9.17) is 4.74 Å². The van der Waals surface area contributed by atoms with Gasteiger partial charge < -0.3 is 4.74 Å². The molecule has 3 nitrogen and oxygen atoms in total. The monoisotopic (exact) mass is 357 g/mol. The zero-order valence-electron chi connectivity index (χ0n) is 16.8. The van der Waals surface area contributed by atoms with Crippen molar-refractivity contribution < 1.29 is 9.30 Å². The molecule has 0 saturated heterocycles. The van der Waals surface area contributed by atoms with E-state index >= 15 is 0 Å². The molecule has 2 rings (SSSR count). The van der Waals surface area contributed by atoms with Crippen molar-refractivity contribution in [3.8, 4) is 11.4 Å². The summed E-state index contributed by atoms with van der Waals surface area (Å²) in [6, 6.07) is 10.7. The average molecular weight is 358 g/mol. The summed E-state index contributed by atoms with van der Waals surface area (Å²) in [5.74, 6) is 1.26. The molecule has 2 aromatic rings. The van der Waals surface area contributed by atoms with Gasteiger partial charge in [-0.05, 0) is 31.4 Å². The molecule has 0 aliphatic carbocycles. The number of hydrogen-bond acceptors (Lipinski definition) is 1. The molecule has 0 atom stereocenters. The van der Waals surface area contributed by atoms with Crippen LogP contribution in [-0.4, -0.2) is 11.2 Å². The van der Waals surface area contributed by atoms with Crippen molar-refractivity contribution in [2.45, 2.75) is 84.9 Å². The second-order valence-electron chi connectivity index (χ2n) is 7.16. The minimum atomic E-state index is 0.639. The number of unbranched alkanes of at least 4 members (excludes halogenated alkanes) is 7. The van der Waals surface area contributed by atoms with E-state index in [1.54, 1.807) is 0 Å². The first-order valence-electron chi connectivity index (χ1n) is 10.6. The number of rotatable bonds is 14. The van der Waals surface area contributed by atoms with Gasteiger partial charge in [-0.15, -0.1) is 0 Å². The quantitative estimate of drug-likeness (QED) is 0.301. The van der Waals surface area contributed by atoms with Crippen molar-refractivity contribution in [1.82, 2.24) is 4.57 Å². The van der Waals surface area contributed by atoms with Crippen LogP contribution in [0.5, 0.6) is 0 Å². The first-order valence-corrected chi connectivity index (χ1v) is 10.6. The van der Waals surface area contributed by atoms with Crippen LogP contribution in [0.1, 0.15) is 71.6 Å². The number of benzene rings is 1. The summed E-state index contributed by atoms with van der Waals surface area (Å²) in [5, 5.41) is 0. The number of aryl methyl sites for hydroxylation is 1. The van der Waals surface area contributed by atoms with E-state index in [1.165, 1.54) is 69.2 Å². The molecular weight excluding hydrogens is 320 g/mol. The second kappa shape index (κ2) is 12.7. The highest BCUT2D eigenvalue weighted by atomic mass is 16.5. The Morgan fingerprint density at radius 3 is 2.27 bits per heavy atom. The lowest BCUT2D eigenvalue weighted by Crippen LogP contribution is -2.36. The van der Waals surface area contributed by atoms with Gasteiger partial charge in [0.1, 0.15) is 12.4 Å². The fourth-order valence-corrected chi connectivity index (χ4v) is 3.35. The van der Waals surface area contributed by atoms with Gasteiger partial charge in [0, 0.05) is 0 Å². The van der Waals surface area contributed by atoms with Gasteiger partial charge in [-0.3, -0.25) is 0 Å². The number of nitrogens with zero attached hydrogens (tertiary/aromatic N) is 2. The fraction of sp³-hybridized carbons (Fsp3) is 0.609. The van der Waals surface area contributed by atoms with E-state index in [2.05, 4.69) is 65.7 Å². The highest BCUT2D eigenvalue weighted by molar-refractivity contribution is 5.52. The highest BCUT2D eigenvalue weighted by Crippen LogP contribution is 2.17. The summed E-state index contributed by atoms with van der Waals surface area (Å²) >= 11 is 0. The van der Waals surface area contributed by atoms with Crippen LogP contribution in [0.3, 0.4) is 0 Å². The average Bonchev–Trinajstić information content (AvgIpc) is 3.08. The Kier molecular flexibility index (Phi) is 10.1. The highest BCUT2D eigenvalue weighted by Gasteiger charge is 2.18. The summed E-state index contributed by atoms with van der Waals surface area (Å²) in [6.45, 7) is 7.09. The van der Waals surface area contributed by atoms with E-state index < -0.39 is 0 Å². The van der Waals surface area contributed by atoms with Crippen molar-refractivity contribution in [3.63, 3.8) is 0 Å². The number of imidazole rings is 1. The van der Waals surface area contributed by atoms with E-state index in [0.717, 1.165) is 13.2 Å². The predicted molar refractivity (Wildman–Crippen MR) is 109 cm³/mol. The Labute approximate surface area is 160 Å². The Balaban J connectivity index is 1.93. The van der Waals surface area contributed by atoms with Crippen molar-refractivity contribution in [2.24, 2.45) is 0 Å². The first kappa shape index (κ1) is 20.7. The molecule has 0 spiro atoms. The normalized spacial score (nSPS) is 11.2. The van der Waals surface area contributed by atoms with Gasteiger partial charge in [0.25, 0.3) is 5.82 Å². The van der Waals surface area contributed by atoms with Crippen molar-refractivity contribution in [1.29, 1.82) is 0 Å². The molecule has 3 heteroatoms. The van der Waals surface area contributed by atoms with Crippen molar-refractivity contribution in [2.75, 3.05) is 6.61 Å². The molecule has 0 bridgehead atoms. The Morgan fingerprint density at radius 2 is 1.54 bits per heavy atom. The van der Waals surface area contributed by atoms with Crippen LogP contribution >= 0.6 is 0 Å². The lowest BCUT2D eigenvalue weighted by molar-refractivity contribution is -0.722.